The van der Waals surface area contributed by atoms with Crippen LogP contribution in [0.4, 0.5) is 13.2 Å². The average molecular weight is 438 g/mol. The van der Waals surface area contributed by atoms with Gasteiger partial charge in [0, 0.05) is 42.9 Å². The highest BCUT2D eigenvalue weighted by Gasteiger charge is 2.35. The Morgan fingerprint density at radius 1 is 1.29 bits per heavy atom. The summed E-state index contributed by atoms with van der Waals surface area (Å²) >= 11 is 0. The van der Waals surface area contributed by atoms with E-state index in [1.54, 1.807) is 13.8 Å². The van der Waals surface area contributed by atoms with Gasteiger partial charge in [0.25, 0.3) is 5.91 Å². The van der Waals surface area contributed by atoms with Crippen molar-refractivity contribution in [3.05, 3.63) is 64.8 Å². The molecule has 1 heterocycles. The van der Waals surface area contributed by atoms with Crippen molar-refractivity contribution in [2.45, 2.75) is 26.6 Å². The molecule has 0 bridgehead atoms. The molecule has 0 radical (unpaired) electrons. The van der Waals surface area contributed by atoms with Crippen molar-refractivity contribution in [3.8, 4) is 0 Å². The molecule has 0 aliphatic heterocycles. The summed E-state index contributed by atoms with van der Waals surface area (Å²) in [5.74, 6) is -0.291. The molecule has 2 rings (SSSR count). The van der Waals surface area contributed by atoms with Gasteiger partial charge in [-0.05, 0) is 24.3 Å². The van der Waals surface area contributed by atoms with Gasteiger partial charge in [0.15, 0.2) is 5.69 Å². The number of nitrogens with one attached hydrogen (secondary N) is 3. The minimum absolute atomic E-state index is 0.0330. The van der Waals surface area contributed by atoms with E-state index in [-0.39, 0.29) is 48.1 Å². The normalized spacial score (nSPS) is 16.0. The Hall–Kier alpha value is -3.14. The lowest BCUT2D eigenvalue weighted by molar-refractivity contribution is -0.142. The molecule has 1 aromatic heterocycles. The number of alkyl halides is 3. The van der Waals surface area contributed by atoms with E-state index < -0.39 is 23.2 Å². The lowest BCUT2D eigenvalue weighted by atomic mass is 9.95. The standard InChI is InChI=1S/C21H25F3N4O3/c1-20(2,12-29)11-28-19(30)17(26-3)15-9-14(6-7-16(15)25)31-10-13-5-4-8-27-18(13)21(22,23)24/h4-9,25-26,29H,10-12H2,1-3H3,(H,28,30)/b17-15-,25-16?. The van der Waals surface area contributed by atoms with E-state index in [2.05, 4.69) is 15.6 Å². The summed E-state index contributed by atoms with van der Waals surface area (Å²) in [5, 5.41) is 22.9. The van der Waals surface area contributed by atoms with Gasteiger partial charge in [-0.1, -0.05) is 19.9 Å². The number of carbonyl (C=O) groups excluding carboxylic acids is 1. The first-order valence-electron chi connectivity index (χ1n) is 9.42. The van der Waals surface area contributed by atoms with Crippen LogP contribution in [0.2, 0.25) is 0 Å². The van der Waals surface area contributed by atoms with Crippen LogP contribution in [0.15, 0.2) is 53.6 Å². The number of carbonyl (C=O) groups is 1. The summed E-state index contributed by atoms with van der Waals surface area (Å²) in [6.07, 6.45) is 0.693. The van der Waals surface area contributed by atoms with Gasteiger partial charge >= 0.3 is 6.18 Å². The van der Waals surface area contributed by atoms with E-state index in [9.17, 15) is 23.1 Å². The summed E-state index contributed by atoms with van der Waals surface area (Å²) in [5.41, 5.74) is -1.33. The molecule has 0 aromatic carbocycles. The van der Waals surface area contributed by atoms with Crippen molar-refractivity contribution < 1.29 is 27.8 Å². The smallest absolute Gasteiger partial charge is 0.433 e. The van der Waals surface area contributed by atoms with Gasteiger partial charge in [-0.15, -0.1) is 0 Å². The summed E-state index contributed by atoms with van der Waals surface area (Å²) in [7, 11) is 1.52. The maximum absolute atomic E-state index is 13.1. The molecular weight excluding hydrogens is 413 g/mol. The summed E-state index contributed by atoms with van der Waals surface area (Å²) in [6.45, 7) is 3.27. The van der Waals surface area contributed by atoms with Gasteiger partial charge < -0.3 is 25.9 Å². The molecule has 0 unspecified atom stereocenters. The zero-order valence-electron chi connectivity index (χ0n) is 17.4. The third-order valence-corrected chi connectivity index (χ3v) is 4.45. The molecule has 0 saturated heterocycles. The van der Waals surface area contributed by atoms with E-state index in [0.717, 1.165) is 6.20 Å². The molecule has 1 aliphatic rings. The molecule has 1 amide bonds. The maximum Gasteiger partial charge on any atom is 0.433 e. The Bertz CT molecular complexity index is 934. The van der Waals surface area contributed by atoms with Crippen LogP contribution >= 0.6 is 0 Å². The first-order chi connectivity index (χ1) is 14.5. The van der Waals surface area contributed by atoms with Crippen LogP contribution in [0.5, 0.6) is 0 Å². The van der Waals surface area contributed by atoms with E-state index in [0.29, 0.717) is 0 Å². The fourth-order valence-corrected chi connectivity index (χ4v) is 2.63. The van der Waals surface area contributed by atoms with Crippen molar-refractivity contribution in [1.82, 2.24) is 15.6 Å². The van der Waals surface area contributed by atoms with Crippen LogP contribution < -0.4 is 10.6 Å². The summed E-state index contributed by atoms with van der Waals surface area (Å²) < 4.78 is 44.8. The van der Waals surface area contributed by atoms with Crippen molar-refractivity contribution >= 4 is 11.6 Å². The number of aromatic nitrogens is 1. The quantitative estimate of drug-likeness (QED) is 0.467. The summed E-state index contributed by atoms with van der Waals surface area (Å²) in [6, 6.07) is 2.66. The van der Waals surface area contributed by atoms with E-state index in [1.807, 2.05) is 0 Å². The monoisotopic (exact) mass is 438 g/mol. The Morgan fingerprint density at radius 2 is 2.00 bits per heavy atom. The van der Waals surface area contributed by atoms with Gasteiger partial charge in [0.05, 0.1) is 5.71 Å². The number of halogens is 3. The molecule has 0 spiro atoms. The Morgan fingerprint density at radius 3 is 2.61 bits per heavy atom. The second-order valence-corrected chi connectivity index (χ2v) is 7.63. The molecule has 4 N–H and O–H groups in total. The third kappa shape index (κ3) is 6.42. The predicted molar refractivity (Wildman–Crippen MR) is 109 cm³/mol. The van der Waals surface area contributed by atoms with Crippen molar-refractivity contribution in [2.24, 2.45) is 5.41 Å². The number of aliphatic hydroxyl groups is 1. The molecular formula is C21H25F3N4O3. The van der Waals surface area contributed by atoms with E-state index in [4.69, 9.17) is 10.1 Å². The molecule has 10 heteroatoms. The fraction of sp³-hybridized carbons (Fsp3) is 0.381. The number of aliphatic hydroxyl groups excluding tert-OH is 1. The maximum atomic E-state index is 13.1. The molecule has 168 valence electrons. The van der Waals surface area contributed by atoms with Crippen molar-refractivity contribution in [3.63, 3.8) is 0 Å². The van der Waals surface area contributed by atoms with Gasteiger partial charge in [0.2, 0.25) is 0 Å². The van der Waals surface area contributed by atoms with Crippen molar-refractivity contribution in [1.29, 1.82) is 5.41 Å². The molecule has 0 fully saturated rings. The minimum atomic E-state index is -4.61. The lowest BCUT2D eigenvalue weighted by Gasteiger charge is -2.23. The zero-order chi connectivity index (χ0) is 23.2. The lowest BCUT2D eigenvalue weighted by Crippen LogP contribution is -2.39. The number of likely N-dealkylation sites (N-methyl/N-ethyl adjacent to an activating group) is 1. The van der Waals surface area contributed by atoms with E-state index >= 15 is 0 Å². The first-order valence-corrected chi connectivity index (χ1v) is 9.42. The van der Waals surface area contributed by atoms with Crippen LogP contribution in [0, 0.1) is 10.8 Å². The van der Waals surface area contributed by atoms with Crippen LogP contribution in [0.25, 0.3) is 0 Å². The molecule has 31 heavy (non-hydrogen) atoms. The Labute approximate surface area is 178 Å². The zero-order valence-corrected chi connectivity index (χ0v) is 17.4. The number of pyridine rings is 1. The number of hydrogen-bond donors (Lipinski definition) is 4. The van der Waals surface area contributed by atoms with Crippen LogP contribution in [-0.4, -0.2) is 41.9 Å². The Kier molecular flexibility index (Phi) is 7.61. The molecule has 1 aromatic rings. The number of allylic oxidation sites excluding steroid dienone is 4. The van der Waals surface area contributed by atoms with E-state index in [1.165, 1.54) is 37.4 Å². The first kappa shape index (κ1) is 24.1. The Balaban J connectivity index is 2.23. The second kappa shape index (κ2) is 9.78. The van der Waals surface area contributed by atoms with Crippen LogP contribution in [-0.2, 0) is 22.3 Å². The number of amides is 1. The number of ether oxygens (including phenoxy) is 1. The predicted octanol–water partition coefficient (Wildman–Crippen LogP) is 2.70. The highest BCUT2D eigenvalue weighted by atomic mass is 19.4. The van der Waals surface area contributed by atoms with Gasteiger partial charge in [-0.3, -0.25) is 9.78 Å². The molecule has 1 aliphatic carbocycles. The number of rotatable bonds is 8. The SMILES string of the molecule is CN/C(C(=O)NCC(C)(C)CO)=C1/C=C(OCc2cccnc2C(F)(F)F)C=CC1=N. The highest BCUT2D eigenvalue weighted by molar-refractivity contribution is 6.14. The average Bonchev–Trinajstić information content (AvgIpc) is 2.72. The fourth-order valence-electron chi connectivity index (χ4n) is 2.63. The number of hydrogen-bond acceptors (Lipinski definition) is 6. The van der Waals surface area contributed by atoms with Crippen LogP contribution in [0.1, 0.15) is 25.1 Å². The molecule has 0 atom stereocenters. The second-order valence-electron chi connectivity index (χ2n) is 7.63. The third-order valence-electron chi connectivity index (χ3n) is 4.45. The van der Waals surface area contributed by atoms with Crippen molar-refractivity contribution in [2.75, 3.05) is 20.2 Å². The highest BCUT2D eigenvalue weighted by Crippen LogP contribution is 2.31. The van der Waals surface area contributed by atoms with Crippen LogP contribution in [0.3, 0.4) is 0 Å². The molecule has 0 saturated carbocycles. The van der Waals surface area contributed by atoms with Gasteiger partial charge in [0.1, 0.15) is 18.1 Å². The van der Waals surface area contributed by atoms with Gasteiger partial charge in [-0.2, -0.15) is 13.2 Å². The molecule has 7 nitrogen and oxygen atoms in total. The minimum Gasteiger partial charge on any atom is -0.489 e. The topological polar surface area (TPSA) is 107 Å². The largest absolute Gasteiger partial charge is 0.489 e. The summed E-state index contributed by atoms with van der Waals surface area (Å²) in [4.78, 5) is 16.0. The number of nitrogens with zero attached hydrogens (tertiary/aromatic N) is 1. The van der Waals surface area contributed by atoms with Gasteiger partial charge in [-0.25, -0.2) is 0 Å².